The number of hydrogen-bond acceptors (Lipinski definition) is 4. The molecule has 21 heavy (non-hydrogen) atoms. The Kier molecular flexibility index (Phi) is 3.69. The summed E-state index contributed by atoms with van der Waals surface area (Å²) in [5, 5.41) is 6.49. The van der Waals surface area contributed by atoms with E-state index in [1.54, 1.807) is 29.8 Å². The lowest BCUT2D eigenvalue weighted by Crippen LogP contribution is -2.10. The maximum absolute atomic E-state index is 12.2. The molecule has 0 aliphatic heterocycles. The highest BCUT2D eigenvalue weighted by atomic mass is 35.5. The molecule has 3 aromatic rings. The van der Waals surface area contributed by atoms with Gasteiger partial charge in [-0.3, -0.25) is 4.79 Å². The molecule has 0 fully saturated rings. The van der Waals surface area contributed by atoms with Crippen molar-refractivity contribution in [2.75, 3.05) is 6.26 Å². The summed E-state index contributed by atoms with van der Waals surface area (Å²) in [6, 6.07) is 5.07. The van der Waals surface area contributed by atoms with Crippen LogP contribution in [0.3, 0.4) is 0 Å². The minimum atomic E-state index is -0.216. The van der Waals surface area contributed by atoms with Crippen molar-refractivity contribution in [1.82, 2.24) is 19.7 Å². The fourth-order valence-electron chi connectivity index (χ4n) is 2.06. The molecule has 0 radical (unpaired) electrons. The first-order valence-corrected chi connectivity index (χ1v) is 7.98. The second kappa shape index (κ2) is 5.36. The van der Waals surface area contributed by atoms with Gasteiger partial charge >= 0.3 is 0 Å². The molecule has 5 nitrogen and oxygen atoms in total. The minimum absolute atomic E-state index is 0.216. The lowest BCUT2D eigenvalue weighted by atomic mass is 10.3. The van der Waals surface area contributed by atoms with Crippen LogP contribution >= 0.6 is 35.0 Å². The molecule has 0 aliphatic carbocycles. The van der Waals surface area contributed by atoms with Crippen molar-refractivity contribution in [2.45, 2.75) is 11.9 Å². The molecular weight excluding hydrogens is 331 g/mol. The molecule has 108 valence electrons. The number of nitrogens with zero attached hydrogens (tertiary/aromatic N) is 3. The number of benzene rings is 1. The zero-order valence-corrected chi connectivity index (χ0v) is 13.5. The zero-order valence-electron chi connectivity index (χ0n) is 11.1. The molecule has 0 saturated carbocycles. The van der Waals surface area contributed by atoms with Gasteiger partial charge in [0.1, 0.15) is 16.2 Å². The Morgan fingerprint density at radius 3 is 2.81 bits per heavy atom. The number of aryl methyl sites for hydroxylation is 1. The predicted molar refractivity (Wildman–Crippen MR) is 86.0 cm³/mol. The van der Waals surface area contributed by atoms with Gasteiger partial charge in [-0.25, -0.2) is 9.67 Å². The summed E-state index contributed by atoms with van der Waals surface area (Å²) in [4.78, 5) is 19.2. The molecule has 0 atom stereocenters. The van der Waals surface area contributed by atoms with Crippen LogP contribution in [-0.2, 0) is 0 Å². The molecule has 2 aromatic heterocycles. The fraction of sp³-hybridized carbons (Fsp3) is 0.154. The van der Waals surface area contributed by atoms with Gasteiger partial charge in [-0.05, 0) is 31.4 Å². The van der Waals surface area contributed by atoms with Gasteiger partial charge in [0.25, 0.3) is 5.56 Å². The van der Waals surface area contributed by atoms with Crippen molar-refractivity contribution in [3.05, 3.63) is 44.4 Å². The van der Waals surface area contributed by atoms with Crippen molar-refractivity contribution < 1.29 is 0 Å². The van der Waals surface area contributed by atoms with Crippen molar-refractivity contribution >= 4 is 46.0 Å². The van der Waals surface area contributed by atoms with E-state index in [0.29, 0.717) is 37.6 Å². The number of halogens is 2. The molecule has 8 heteroatoms. The van der Waals surface area contributed by atoms with Gasteiger partial charge in [0.2, 0.25) is 0 Å². The number of rotatable bonds is 2. The Hall–Kier alpha value is -1.50. The largest absolute Gasteiger partial charge is 0.310 e. The highest BCUT2D eigenvalue weighted by Gasteiger charge is 2.18. The van der Waals surface area contributed by atoms with Crippen LogP contribution in [0.15, 0.2) is 28.0 Å². The van der Waals surface area contributed by atoms with Crippen LogP contribution in [0.1, 0.15) is 5.82 Å². The van der Waals surface area contributed by atoms with Gasteiger partial charge in [-0.1, -0.05) is 23.2 Å². The number of nitrogens with one attached hydrogen (secondary N) is 1. The smallest absolute Gasteiger partial charge is 0.263 e. The van der Waals surface area contributed by atoms with Crippen molar-refractivity contribution in [3.63, 3.8) is 0 Å². The predicted octanol–water partition coefficient (Wildman–Crippen LogP) is 3.45. The quantitative estimate of drug-likeness (QED) is 0.725. The highest BCUT2D eigenvalue weighted by molar-refractivity contribution is 7.98. The Labute approximate surface area is 134 Å². The van der Waals surface area contributed by atoms with Crippen LogP contribution in [0.25, 0.3) is 16.7 Å². The first-order chi connectivity index (χ1) is 10.0. The van der Waals surface area contributed by atoms with Crippen molar-refractivity contribution in [1.29, 1.82) is 0 Å². The third kappa shape index (κ3) is 2.43. The summed E-state index contributed by atoms with van der Waals surface area (Å²) in [7, 11) is 0. The standard InChI is InChI=1S/C13H10Cl2N4OS/c1-6-16-11-10(12(20)17-6)13(21-2)18-19(11)9-5-7(14)3-4-8(9)15/h3-5H,1-2H3,(H,16,17,20). The number of hydrogen-bond donors (Lipinski definition) is 1. The summed E-state index contributed by atoms with van der Waals surface area (Å²) >= 11 is 13.6. The fourth-order valence-corrected chi connectivity index (χ4v) is 2.98. The van der Waals surface area contributed by atoms with Crippen molar-refractivity contribution in [3.8, 4) is 5.69 Å². The number of aromatic nitrogens is 4. The van der Waals surface area contributed by atoms with E-state index < -0.39 is 0 Å². The molecule has 1 N–H and O–H groups in total. The SMILES string of the molecule is CSc1nn(-c2cc(Cl)ccc2Cl)c2nc(C)[nH]c(=O)c12. The van der Waals surface area contributed by atoms with Gasteiger partial charge in [0.15, 0.2) is 5.65 Å². The maximum atomic E-state index is 12.2. The van der Waals surface area contributed by atoms with Gasteiger partial charge in [0, 0.05) is 5.02 Å². The molecule has 0 unspecified atom stereocenters. The first kappa shape index (κ1) is 14.4. The average Bonchev–Trinajstić information content (AvgIpc) is 2.80. The van der Waals surface area contributed by atoms with Crippen LogP contribution < -0.4 is 5.56 Å². The Morgan fingerprint density at radius 1 is 1.33 bits per heavy atom. The topological polar surface area (TPSA) is 63.6 Å². The van der Waals surface area contributed by atoms with Gasteiger partial charge < -0.3 is 4.98 Å². The van der Waals surface area contributed by atoms with E-state index in [0.717, 1.165) is 0 Å². The van der Waals surface area contributed by atoms with Crippen LogP contribution in [0, 0.1) is 6.92 Å². The molecule has 0 amide bonds. The Morgan fingerprint density at radius 2 is 2.10 bits per heavy atom. The van der Waals surface area contributed by atoms with E-state index in [4.69, 9.17) is 23.2 Å². The second-order valence-electron chi connectivity index (χ2n) is 4.37. The molecule has 0 spiro atoms. The monoisotopic (exact) mass is 340 g/mol. The van der Waals surface area contributed by atoms with Crippen LogP contribution in [0.2, 0.25) is 10.0 Å². The molecular formula is C13H10Cl2N4OS. The lowest BCUT2D eigenvalue weighted by molar-refractivity contribution is 0.849. The lowest BCUT2D eigenvalue weighted by Gasteiger charge is -2.06. The summed E-state index contributed by atoms with van der Waals surface area (Å²) in [6.45, 7) is 1.72. The minimum Gasteiger partial charge on any atom is -0.310 e. The molecule has 0 aliphatic rings. The van der Waals surface area contributed by atoms with E-state index in [1.807, 2.05) is 6.26 Å². The number of aromatic amines is 1. The first-order valence-electron chi connectivity index (χ1n) is 6.00. The van der Waals surface area contributed by atoms with Gasteiger partial charge in [0.05, 0.1) is 10.7 Å². The van der Waals surface area contributed by atoms with Crippen LogP contribution in [-0.4, -0.2) is 26.0 Å². The van der Waals surface area contributed by atoms with Crippen LogP contribution in [0.5, 0.6) is 0 Å². The average molecular weight is 341 g/mol. The summed E-state index contributed by atoms with van der Waals surface area (Å²) in [6.07, 6.45) is 1.85. The van der Waals surface area contributed by atoms with E-state index >= 15 is 0 Å². The van der Waals surface area contributed by atoms with E-state index in [9.17, 15) is 4.79 Å². The second-order valence-corrected chi connectivity index (χ2v) is 6.01. The Balaban J connectivity index is 2.43. The third-order valence-electron chi connectivity index (χ3n) is 2.95. The molecule has 1 aromatic carbocycles. The van der Waals surface area contributed by atoms with E-state index in [2.05, 4.69) is 15.1 Å². The maximum Gasteiger partial charge on any atom is 0.263 e. The zero-order chi connectivity index (χ0) is 15.1. The molecule has 0 bridgehead atoms. The van der Waals surface area contributed by atoms with Gasteiger partial charge in [-0.15, -0.1) is 11.8 Å². The van der Waals surface area contributed by atoms with Gasteiger partial charge in [-0.2, -0.15) is 5.10 Å². The van der Waals surface area contributed by atoms with E-state index in [-0.39, 0.29) is 5.56 Å². The molecule has 0 saturated heterocycles. The summed E-state index contributed by atoms with van der Waals surface area (Å²) < 4.78 is 1.55. The Bertz CT molecular complexity index is 903. The van der Waals surface area contributed by atoms with Crippen LogP contribution in [0.4, 0.5) is 0 Å². The summed E-state index contributed by atoms with van der Waals surface area (Å²) in [5.74, 6) is 0.513. The number of H-pyrrole nitrogens is 1. The molecule has 3 rings (SSSR count). The normalized spacial score (nSPS) is 11.2. The number of fused-ring (bicyclic) bond motifs is 1. The third-order valence-corrected chi connectivity index (χ3v) is 4.18. The molecule has 2 heterocycles. The summed E-state index contributed by atoms with van der Waals surface area (Å²) in [5.41, 5.74) is 0.836. The number of thioether (sulfide) groups is 1. The van der Waals surface area contributed by atoms with Crippen molar-refractivity contribution in [2.24, 2.45) is 0 Å². The van der Waals surface area contributed by atoms with E-state index in [1.165, 1.54) is 11.8 Å². The highest BCUT2D eigenvalue weighted by Crippen LogP contribution is 2.29.